The van der Waals surface area contributed by atoms with Crippen LogP contribution in [0.3, 0.4) is 0 Å². The van der Waals surface area contributed by atoms with Crippen LogP contribution in [0, 0.1) is 5.92 Å². The molecule has 0 spiro atoms. The summed E-state index contributed by atoms with van der Waals surface area (Å²) in [5.41, 5.74) is 5.57. The van der Waals surface area contributed by atoms with Gasteiger partial charge in [-0.05, 0) is 25.7 Å². The van der Waals surface area contributed by atoms with Crippen LogP contribution in [0.5, 0.6) is 0 Å². The zero-order valence-corrected chi connectivity index (χ0v) is 10.00. The molecule has 0 saturated heterocycles. The molecular weight excluding hydrogens is 228 g/mol. The lowest BCUT2D eigenvalue weighted by Gasteiger charge is -2.03. The van der Waals surface area contributed by atoms with E-state index >= 15 is 0 Å². The molecule has 6 nitrogen and oxygen atoms in total. The summed E-state index contributed by atoms with van der Waals surface area (Å²) in [7, 11) is -3.49. The number of nitrogen functional groups attached to an aromatic ring is 1. The second-order valence-electron chi connectivity index (χ2n) is 4.03. The maximum absolute atomic E-state index is 11.9. The zero-order chi connectivity index (χ0) is 11.8. The molecule has 3 N–H and O–H groups in total. The van der Waals surface area contributed by atoms with Gasteiger partial charge in [-0.15, -0.1) is 0 Å². The molecule has 0 aromatic carbocycles. The van der Waals surface area contributed by atoms with Gasteiger partial charge < -0.3 is 5.73 Å². The van der Waals surface area contributed by atoms with Crippen molar-refractivity contribution in [1.82, 2.24) is 14.5 Å². The standard InChI is InChI=1S/C9H16N4O2S/c1-2-13-6-8(9(10)12-13)16(14,15)11-5-7-3-4-7/h6-7,11H,2-5H2,1H3,(H2,10,12). The highest BCUT2D eigenvalue weighted by Gasteiger charge is 2.26. The summed E-state index contributed by atoms with van der Waals surface area (Å²) in [4.78, 5) is 0.0787. The number of hydrogen-bond donors (Lipinski definition) is 2. The Morgan fingerprint density at radius 1 is 1.62 bits per heavy atom. The van der Waals surface area contributed by atoms with E-state index in [-0.39, 0.29) is 10.7 Å². The lowest BCUT2D eigenvalue weighted by molar-refractivity contribution is 0.577. The van der Waals surface area contributed by atoms with Gasteiger partial charge in [-0.1, -0.05) is 0 Å². The average molecular weight is 244 g/mol. The van der Waals surface area contributed by atoms with Gasteiger partial charge in [-0.2, -0.15) is 5.10 Å². The van der Waals surface area contributed by atoms with Crippen LogP contribution < -0.4 is 10.5 Å². The van der Waals surface area contributed by atoms with Crippen molar-refractivity contribution in [2.45, 2.75) is 31.2 Å². The quantitative estimate of drug-likeness (QED) is 0.772. The van der Waals surface area contributed by atoms with Crippen molar-refractivity contribution in [3.8, 4) is 0 Å². The number of nitrogens with zero attached hydrogens (tertiary/aromatic N) is 2. The molecule has 0 bridgehead atoms. The Balaban J connectivity index is 2.16. The smallest absolute Gasteiger partial charge is 0.245 e. The van der Waals surface area contributed by atoms with Crippen LogP contribution in [0.4, 0.5) is 5.82 Å². The van der Waals surface area contributed by atoms with Crippen LogP contribution in [0.1, 0.15) is 19.8 Å². The van der Waals surface area contributed by atoms with Crippen molar-refractivity contribution < 1.29 is 8.42 Å². The minimum Gasteiger partial charge on any atom is -0.381 e. The fourth-order valence-corrected chi connectivity index (χ4v) is 2.60. The van der Waals surface area contributed by atoms with Crippen LogP contribution in [0.25, 0.3) is 0 Å². The monoisotopic (exact) mass is 244 g/mol. The molecule has 1 saturated carbocycles. The van der Waals surface area contributed by atoms with E-state index in [0.717, 1.165) is 12.8 Å². The van der Waals surface area contributed by atoms with Crippen molar-refractivity contribution in [2.24, 2.45) is 5.92 Å². The van der Waals surface area contributed by atoms with Crippen molar-refractivity contribution in [3.63, 3.8) is 0 Å². The predicted octanol–water partition coefficient (Wildman–Crippen LogP) is 0.174. The lowest BCUT2D eigenvalue weighted by Crippen LogP contribution is -2.26. The number of nitrogens with two attached hydrogens (primary N) is 1. The number of aryl methyl sites for hydroxylation is 1. The number of hydrogen-bond acceptors (Lipinski definition) is 4. The summed E-state index contributed by atoms with van der Waals surface area (Å²) >= 11 is 0. The first-order valence-electron chi connectivity index (χ1n) is 5.35. The molecule has 2 rings (SSSR count). The van der Waals surface area contributed by atoms with Crippen LogP contribution in [-0.2, 0) is 16.6 Å². The van der Waals surface area contributed by atoms with Gasteiger partial charge in [0.25, 0.3) is 0 Å². The van der Waals surface area contributed by atoms with Crippen molar-refractivity contribution in [1.29, 1.82) is 0 Å². The normalized spacial score (nSPS) is 16.6. The number of nitrogens with one attached hydrogen (secondary N) is 1. The Morgan fingerprint density at radius 3 is 2.81 bits per heavy atom. The third kappa shape index (κ3) is 2.35. The molecule has 0 amide bonds. The predicted molar refractivity (Wildman–Crippen MR) is 60.2 cm³/mol. The molecule has 0 aliphatic heterocycles. The van der Waals surface area contributed by atoms with E-state index in [4.69, 9.17) is 5.73 Å². The molecular formula is C9H16N4O2S. The summed E-state index contributed by atoms with van der Waals surface area (Å²) in [6.07, 6.45) is 3.67. The first kappa shape index (κ1) is 11.4. The minimum atomic E-state index is -3.49. The van der Waals surface area contributed by atoms with Crippen molar-refractivity contribution in [3.05, 3.63) is 6.20 Å². The molecule has 7 heteroatoms. The summed E-state index contributed by atoms with van der Waals surface area (Å²) in [5.74, 6) is 0.558. The SMILES string of the molecule is CCn1cc(S(=O)(=O)NCC2CC2)c(N)n1. The number of anilines is 1. The molecule has 90 valence electrons. The summed E-state index contributed by atoms with van der Waals surface area (Å²) in [5, 5.41) is 3.91. The van der Waals surface area contributed by atoms with Crippen molar-refractivity contribution >= 4 is 15.8 Å². The molecule has 0 radical (unpaired) electrons. The topological polar surface area (TPSA) is 90.0 Å². The van der Waals surface area contributed by atoms with Gasteiger partial charge >= 0.3 is 0 Å². The van der Waals surface area contributed by atoms with Gasteiger partial charge in [-0.3, -0.25) is 4.68 Å². The van der Waals surface area contributed by atoms with Gasteiger partial charge in [0.1, 0.15) is 4.90 Å². The largest absolute Gasteiger partial charge is 0.381 e. The first-order chi connectivity index (χ1) is 7.53. The summed E-state index contributed by atoms with van der Waals surface area (Å²) in [6.45, 7) is 2.97. The molecule has 0 atom stereocenters. The van der Waals surface area contributed by atoms with E-state index in [0.29, 0.717) is 19.0 Å². The van der Waals surface area contributed by atoms with E-state index < -0.39 is 10.0 Å². The fourth-order valence-electron chi connectivity index (χ4n) is 1.41. The van der Waals surface area contributed by atoms with Crippen molar-refractivity contribution in [2.75, 3.05) is 12.3 Å². The Morgan fingerprint density at radius 2 is 2.31 bits per heavy atom. The van der Waals surface area contributed by atoms with Crippen LogP contribution in [-0.4, -0.2) is 24.7 Å². The Labute approximate surface area is 94.9 Å². The van der Waals surface area contributed by atoms with Gasteiger partial charge in [0, 0.05) is 19.3 Å². The molecule has 1 aromatic rings. The summed E-state index contributed by atoms with van der Waals surface area (Å²) < 4.78 is 27.8. The van der Waals surface area contributed by atoms with E-state index in [1.165, 1.54) is 10.9 Å². The minimum absolute atomic E-state index is 0.0603. The number of sulfonamides is 1. The number of aromatic nitrogens is 2. The number of rotatable bonds is 5. The lowest BCUT2D eigenvalue weighted by atomic mass is 10.4. The molecule has 1 aliphatic rings. The van der Waals surface area contributed by atoms with Gasteiger partial charge in [0.15, 0.2) is 5.82 Å². The van der Waals surface area contributed by atoms with Gasteiger partial charge in [0.2, 0.25) is 10.0 Å². The average Bonchev–Trinajstić information content (AvgIpc) is 2.98. The van der Waals surface area contributed by atoms with Gasteiger partial charge in [-0.25, -0.2) is 13.1 Å². The molecule has 1 heterocycles. The van der Waals surface area contributed by atoms with Crippen LogP contribution in [0.15, 0.2) is 11.1 Å². The van der Waals surface area contributed by atoms with Crippen LogP contribution >= 0.6 is 0 Å². The fraction of sp³-hybridized carbons (Fsp3) is 0.667. The molecule has 1 aliphatic carbocycles. The van der Waals surface area contributed by atoms with Gasteiger partial charge in [0.05, 0.1) is 0 Å². The Hall–Kier alpha value is -1.08. The highest BCUT2D eigenvalue weighted by atomic mass is 32.2. The highest BCUT2D eigenvalue weighted by Crippen LogP contribution is 2.28. The Bertz CT molecular complexity index is 476. The molecule has 1 fully saturated rings. The second kappa shape index (κ2) is 4.06. The van der Waals surface area contributed by atoms with Crippen LogP contribution in [0.2, 0.25) is 0 Å². The van der Waals surface area contributed by atoms with E-state index in [1.54, 1.807) is 0 Å². The maximum atomic E-state index is 11.9. The zero-order valence-electron chi connectivity index (χ0n) is 9.18. The third-order valence-electron chi connectivity index (χ3n) is 2.63. The third-order valence-corrected chi connectivity index (χ3v) is 4.07. The first-order valence-corrected chi connectivity index (χ1v) is 6.84. The molecule has 0 unspecified atom stereocenters. The van der Waals surface area contributed by atoms with E-state index in [2.05, 4.69) is 9.82 Å². The van der Waals surface area contributed by atoms with E-state index in [1.807, 2.05) is 6.92 Å². The van der Waals surface area contributed by atoms with E-state index in [9.17, 15) is 8.42 Å². The Kier molecular flexibility index (Phi) is 2.90. The molecule has 1 aromatic heterocycles. The summed E-state index contributed by atoms with van der Waals surface area (Å²) in [6, 6.07) is 0. The second-order valence-corrected chi connectivity index (χ2v) is 5.76. The molecule has 16 heavy (non-hydrogen) atoms. The maximum Gasteiger partial charge on any atom is 0.245 e. The highest BCUT2D eigenvalue weighted by molar-refractivity contribution is 7.89.